The number of H-pyrrole nitrogens is 1. The lowest BCUT2D eigenvalue weighted by Gasteiger charge is -1.98. The predicted octanol–water partition coefficient (Wildman–Crippen LogP) is 1.94. The van der Waals surface area contributed by atoms with Gasteiger partial charge in [0.15, 0.2) is 0 Å². The molecule has 72 valence electrons. The number of nitrogens with zero attached hydrogens (tertiary/aromatic N) is 1. The third-order valence-electron chi connectivity index (χ3n) is 1.82. The third kappa shape index (κ3) is 1.44. The van der Waals surface area contributed by atoms with Crippen LogP contribution in [0.2, 0.25) is 0 Å². The molecule has 3 N–H and O–H groups in total. The van der Waals surface area contributed by atoms with Gasteiger partial charge in [0.1, 0.15) is 17.5 Å². The number of nitrogens with two attached hydrogens (primary N) is 1. The first kappa shape index (κ1) is 8.68. The lowest BCUT2D eigenvalue weighted by atomic mass is 10.1. The zero-order valence-electron chi connectivity index (χ0n) is 7.09. The highest BCUT2D eigenvalue weighted by Gasteiger charge is 2.08. The van der Waals surface area contributed by atoms with Crippen molar-refractivity contribution in [3.05, 3.63) is 35.9 Å². The van der Waals surface area contributed by atoms with Crippen molar-refractivity contribution in [3.8, 4) is 11.3 Å². The molecule has 0 amide bonds. The van der Waals surface area contributed by atoms with Crippen LogP contribution in [0.3, 0.4) is 0 Å². The summed E-state index contributed by atoms with van der Waals surface area (Å²) >= 11 is 0. The summed E-state index contributed by atoms with van der Waals surface area (Å²) in [5.74, 6) is -0.784. The summed E-state index contributed by atoms with van der Waals surface area (Å²) in [6.45, 7) is 0. The van der Waals surface area contributed by atoms with E-state index >= 15 is 0 Å². The van der Waals surface area contributed by atoms with Crippen LogP contribution in [0, 0.1) is 11.6 Å². The van der Waals surface area contributed by atoms with E-state index in [0.717, 1.165) is 18.2 Å². The Morgan fingerprint density at radius 3 is 2.64 bits per heavy atom. The molecule has 1 aromatic carbocycles. The molecule has 5 heteroatoms. The maximum atomic E-state index is 13.2. The van der Waals surface area contributed by atoms with E-state index < -0.39 is 11.6 Å². The Morgan fingerprint density at radius 2 is 2.00 bits per heavy atom. The Labute approximate surface area is 78.6 Å². The number of halogens is 2. The van der Waals surface area contributed by atoms with Gasteiger partial charge in [0.2, 0.25) is 0 Å². The minimum atomic E-state index is -0.518. The van der Waals surface area contributed by atoms with E-state index in [0.29, 0.717) is 5.69 Å². The largest absolute Gasteiger partial charge is 0.382 e. The van der Waals surface area contributed by atoms with Crippen molar-refractivity contribution in [1.82, 2.24) is 10.2 Å². The van der Waals surface area contributed by atoms with E-state index in [1.54, 1.807) is 0 Å². The molecular formula is C9H7F2N3. The summed E-state index contributed by atoms with van der Waals surface area (Å²) in [6.07, 6.45) is 0. The van der Waals surface area contributed by atoms with E-state index in [2.05, 4.69) is 10.2 Å². The van der Waals surface area contributed by atoms with E-state index in [9.17, 15) is 8.78 Å². The number of aromatic amines is 1. The maximum Gasteiger partial charge on any atom is 0.145 e. The van der Waals surface area contributed by atoms with Crippen molar-refractivity contribution < 1.29 is 8.78 Å². The molecule has 0 bridgehead atoms. The molecule has 0 aliphatic carbocycles. The quantitative estimate of drug-likeness (QED) is 0.730. The molecule has 1 aromatic heterocycles. The average molecular weight is 195 g/mol. The van der Waals surface area contributed by atoms with Gasteiger partial charge >= 0.3 is 0 Å². The molecule has 0 unspecified atom stereocenters. The summed E-state index contributed by atoms with van der Waals surface area (Å²) in [5, 5.41) is 6.14. The molecular weight excluding hydrogens is 188 g/mol. The highest BCUT2D eigenvalue weighted by Crippen LogP contribution is 2.22. The van der Waals surface area contributed by atoms with E-state index in [4.69, 9.17) is 5.73 Å². The van der Waals surface area contributed by atoms with Crippen LogP contribution in [0.25, 0.3) is 11.3 Å². The van der Waals surface area contributed by atoms with Gasteiger partial charge in [-0.25, -0.2) is 8.78 Å². The van der Waals surface area contributed by atoms with Gasteiger partial charge in [0.05, 0.1) is 5.69 Å². The van der Waals surface area contributed by atoms with Crippen LogP contribution in [-0.2, 0) is 0 Å². The molecule has 0 spiro atoms. The van der Waals surface area contributed by atoms with Crippen molar-refractivity contribution in [2.24, 2.45) is 0 Å². The number of hydrogen-bond acceptors (Lipinski definition) is 2. The minimum Gasteiger partial charge on any atom is -0.382 e. The van der Waals surface area contributed by atoms with E-state index in [-0.39, 0.29) is 11.4 Å². The fourth-order valence-corrected chi connectivity index (χ4v) is 1.18. The molecule has 0 saturated carbocycles. The summed E-state index contributed by atoms with van der Waals surface area (Å²) in [7, 11) is 0. The van der Waals surface area contributed by atoms with E-state index in [1.165, 1.54) is 6.07 Å². The minimum absolute atomic E-state index is 0.120. The molecule has 2 aromatic rings. The zero-order valence-corrected chi connectivity index (χ0v) is 7.09. The van der Waals surface area contributed by atoms with Gasteiger partial charge in [-0.1, -0.05) is 0 Å². The topological polar surface area (TPSA) is 54.7 Å². The number of nitrogen functional groups attached to an aromatic ring is 1. The van der Waals surface area contributed by atoms with Crippen molar-refractivity contribution in [1.29, 1.82) is 0 Å². The lowest BCUT2D eigenvalue weighted by Crippen LogP contribution is -1.86. The highest BCUT2D eigenvalue weighted by molar-refractivity contribution is 5.62. The smallest absolute Gasteiger partial charge is 0.145 e. The van der Waals surface area contributed by atoms with Crippen molar-refractivity contribution in [2.75, 3.05) is 5.73 Å². The lowest BCUT2D eigenvalue weighted by molar-refractivity contribution is 0.602. The predicted molar refractivity (Wildman–Crippen MR) is 48.4 cm³/mol. The van der Waals surface area contributed by atoms with E-state index in [1.807, 2.05) is 0 Å². The SMILES string of the molecule is Nc1cc(-c2cc(F)ccc2F)[nH]n1. The Balaban J connectivity index is 2.55. The van der Waals surface area contributed by atoms with Crippen LogP contribution < -0.4 is 5.73 Å². The maximum absolute atomic E-state index is 13.2. The van der Waals surface area contributed by atoms with Crippen LogP contribution >= 0.6 is 0 Å². The Bertz CT molecular complexity index is 465. The third-order valence-corrected chi connectivity index (χ3v) is 1.82. The number of rotatable bonds is 1. The number of nitrogens with one attached hydrogen (secondary N) is 1. The standard InChI is InChI=1S/C9H7F2N3/c10-5-1-2-7(11)6(3-5)8-4-9(12)14-13-8/h1-4H,(H3,12,13,14). The van der Waals surface area contributed by atoms with Crippen LogP contribution in [0.5, 0.6) is 0 Å². The van der Waals surface area contributed by atoms with Gasteiger partial charge in [-0.2, -0.15) is 5.10 Å². The first-order chi connectivity index (χ1) is 6.66. The fourth-order valence-electron chi connectivity index (χ4n) is 1.18. The summed E-state index contributed by atoms with van der Waals surface area (Å²) < 4.78 is 26.0. The van der Waals surface area contributed by atoms with Gasteiger partial charge in [0.25, 0.3) is 0 Å². The van der Waals surface area contributed by atoms with Crippen LogP contribution in [0.1, 0.15) is 0 Å². The second-order valence-electron chi connectivity index (χ2n) is 2.83. The molecule has 0 atom stereocenters. The Morgan fingerprint density at radius 1 is 1.21 bits per heavy atom. The molecule has 14 heavy (non-hydrogen) atoms. The molecule has 0 aliphatic rings. The first-order valence-corrected chi connectivity index (χ1v) is 3.93. The number of hydrogen-bond donors (Lipinski definition) is 2. The van der Waals surface area contributed by atoms with Crippen molar-refractivity contribution in [3.63, 3.8) is 0 Å². The van der Waals surface area contributed by atoms with Crippen molar-refractivity contribution in [2.45, 2.75) is 0 Å². The highest BCUT2D eigenvalue weighted by atomic mass is 19.1. The van der Waals surface area contributed by atoms with Crippen molar-refractivity contribution >= 4 is 5.82 Å². The summed E-state index contributed by atoms with van der Waals surface area (Å²) in [4.78, 5) is 0. The summed E-state index contributed by atoms with van der Waals surface area (Å²) in [6, 6.07) is 4.64. The number of aromatic nitrogens is 2. The fraction of sp³-hybridized carbons (Fsp3) is 0. The van der Waals surface area contributed by atoms with Gasteiger partial charge in [-0.15, -0.1) is 0 Å². The van der Waals surface area contributed by atoms with Gasteiger partial charge in [-0.05, 0) is 18.2 Å². The van der Waals surface area contributed by atoms with Gasteiger partial charge in [0, 0.05) is 11.6 Å². The average Bonchev–Trinajstić information content (AvgIpc) is 2.56. The first-order valence-electron chi connectivity index (χ1n) is 3.93. The second kappa shape index (κ2) is 3.10. The molecule has 0 saturated heterocycles. The molecule has 0 aliphatic heterocycles. The monoisotopic (exact) mass is 195 g/mol. The Hall–Kier alpha value is -1.91. The second-order valence-corrected chi connectivity index (χ2v) is 2.83. The van der Waals surface area contributed by atoms with Crippen LogP contribution in [-0.4, -0.2) is 10.2 Å². The molecule has 0 fully saturated rings. The molecule has 1 heterocycles. The molecule has 2 rings (SSSR count). The van der Waals surface area contributed by atoms with Crippen LogP contribution in [0.4, 0.5) is 14.6 Å². The number of benzene rings is 1. The molecule has 3 nitrogen and oxygen atoms in total. The summed E-state index contributed by atoms with van der Waals surface area (Å²) in [5.41, 5.74) is 5.83. The van der Waals surface area contributed by atoms with Crippen LogP contribution in [0.15, 0.2) is 24.3 Å². The van der Waals surface area contributed by atoms with Gasteiger partial charge in [-0.3, -0.25) is 5.10 Å². The molecule has 0 radical (unpaired) electrons. The number of anilines is 1. The Kier molecular flexibility index (Phi) is 1.92. The zero-order chi connectivity index (χ0) is 10.1. The normalized spacial score (nSPS) is 10.4. The van der Waals surface area contributed by atoms with Gasteiger partial charge < -0.3 is 5.73 Å².